The molecule has 1 saturated heterocycles. The third kappa shape index (κ3) is 5.44. The topological polar surface area (TPSA) is 87.7 Å². The average Bonchev–Trinajstić information content (AvgIpc) is 2.86. The number of hydrogen-bond acceptors (Lipinski definition) is 5. The summed E-state index contributed by atoms with van der Waals surface area (Å²) in [6.07, 6.45) is 0. The molecular weight excluding hydrogens is 457 g/mol. The zero-order chi connectivity index (χ0) is 24.1. The monoisotopic (exact) mass is 483 g/mol. The number of carbonyl (C=O) groups excluding carboxylic acids is 1. The molecule has 4 rings (SSSR count). The Kier molecular flexibility index (Phi) is 7.26. The highest BCUT2D eigenvalue weighted by atomic mass is 32.2. The van der Waals surface area contributed by atoms with Crippen molar-refractivity contribution in [1.82, 2.24) is 4.31 Å². The Balaban J connectivity index is 1.45. The number of sulfonamides is 1. The maximum Gasteiger partial charge on any atom is 0.258 e. The molecule has 0 radical (unpaired) electrons. The van der Waals surface area contributed by atoms with Gasteiger partial charge < -0.3 is 15.4 Å². The standard InChI is InChI=1S/C25H26FN3O4S/c1-18(19-5-3-2-4-6-19)27-20-7-9-21(10-8-20)28-25(30)23-17-22(11-12-24(23)26)34(31,32)29-13-15-33-16-14-29/h2-12,17-18,27H,13-16H2,1H3,(H,28,30). The Morgan fingerprint density at radius 1 is 0.971 bits per heavy atom. The van der Waals surface area contributed by atoms with Gasteiger partial charge in [-0.1, -0.05) is 30.3 Å². The molecule has 34 heavy (non-hydrogen) atoms. The summed E-state index contributed by atoms with van der Waals surface area (Å²) in [6, 6.07) is 20.3. The van der Waals surface area contributed by atoms with Gasteiger partial charge in [0.05, 0.1) is 23.7 Å². The summed E-state index contributed by atoms with van der Waals surface area (Å²) in [6.45, 7) is 3.06. The number of rotatable bonds is 7. The van der Waals surface area contributed by atoms with Gasteiger partial charge in [-0.15, -0.1) is 0 Å². The van der Waals surface area contributed by atoms with E-state index in [2.05, 4.69) is 10.6 Å². The summed E-state index contributed by atoms with van der Waals surface area (Å²) < 4.78 is 46.6. The van der Waals surface area contributed by atoms with Crippen LogP contribution >= 0.6 is 0 Å². The van der Waals surface area contributed by atoms with E-state index in [9.17, 15) is 17.6 Å². The molecule has 1 aliphatic heterocycles. The van der Waals surface area contributed by atoms with E-state index in [0.29, 0.717) is 18.9 Å². The molecule has 7 nitrogen and oxygen atoms in total. The molecule has 178 valence electrons. The molecule has 1 atom stereocenters. The summed E-state index contributed by atoms with van der Waals surface area (Å²) in [5.74, 6) is -1.52. The summed E-state index contributed by atoms with van der Waals surface area (Å²) in [5, 5.41) is 6.02. The number of carbonyl (C=O) groups is 1. The number of nitrogens with one attached hydrogen (secondary N) is 2. The molecule has 9 heteroatoms. The van der Waals surface area contributed by atoms with Gasteiger partial charge in [-0.3, -0.25) is 4.79 Å². The third-order valence-corrected chi connectivity index (χ3v) is 7.51. The maximum absolute atomic E-state index is 14.4. The number of halogens is 1. The molecule has 1 fully saturated rings. The van der Waals surface area contributed by atoms with Gasteiger partial charge in [-0.25, -0.2) is 12.8 Å². The lowest BCUT2D eigenvalue weighted by atomic mass is 10.1. The van der Waals surface area contributed by atoms with Gasteiger partial charge >= 0.3 is 0 Å². The fourth-order valence-corrected chi connectivity index (χ4v) is 5.13. The number of amides is 1. The van der Waals surface area contributed by atoms with Crippen molar-refractivity contribution >= 4 is 27.3 Å². The molecule has 1 heterocycles. The van der Waals surface area contributed by atoms with E-state index < -0.39 is 21.7 Å². The fraction of sp³-hybridized carbons (Fsp3) is 0.240. The minimum atomic E-state index is -3.85. The van der Waals surface area contributed by atoms with Crippen LogP contribution in [0.5, 0.6) is 0 Å². The van der Waals surface area contributed by atoms with Gasteiger partial charge in [-0.2, -0.15) is 4.31 Å². The Bertz CT molecular complexity index is 1240. The zero-order valence-corrected chi connectivity index (χ0v) is 19.5. The van der Waals surface area contributed by atoms with Crippen molar-refractivity contribution in [1.29, 1.82) is 0 Å². The van der Waals surface area contributed by atoms with Crippen LogP contribution in [0, 0.1) is 5.82 Å². The number of anilines is 2. The Morgan fingerprint density at radius 2 is 1.62 bits per heavy atom. The van der Waals surface area contributed by atoms with Gasteiger partial charge in [0.15, 0.2) is 0 Å². The van der Waals surface area contributed by atoms with Crippen LogP contribution in [0.1, 0.15) is 28.9 Å². The van der Waals surface area contributed by atoms with Crippen LogP contribution in [0.4, 0.5) is 15.8 Å². The Morgan fingerprint density at radius 3 is 2.29 bits per heavy atom. The zero-order valence-electron chi connectivity index (χ0n) is 18.7. The van der Waals surface area contributed by atoms with E-state index in [1.54, 1.807) is 12.1 Å². The van der Waals surface area contributed by atoms with Crippen molar-refractivity contribution in [3.63, 3.8) is 0 Å². The number of nitrogens with zero attached hydrogens (tertiary/aromatic N) is 1. The molecule has 0 aliphatic carbocycles. The van der Waals surface area contributed by atoms with Crippen molar-refractivity contribution in [2.24, 2.45) is 0 Å². The third-order valence-electron chi connectivity index (χ3n) is 5.62. The molecule has 0 saturated carbocycles. The van der Waals surface area contributed by atoms with E-state index in [-0.39, 0.29) is 29.6 Å². The molecule has 2 N–H and O–H groups in total. The second-order valence-electron chi connectivity index (χ2n) is 7.97. The highest BCUT2D eigenvalue weighted by Gasteiger charge is 2.28. The molecule has 1 unspecified atom stereocenters. The van der Waals surface area contributed by atoms with Crippen molar-refractivity contribution in [2.75, 3.05) is 36.9 Å². The van der Waals surface area contributed by atoms with Gasteiger partial charge in [0.2, 0.25) is 10.0 Å². The first kappa shape index (κ1) is 23.9. The first-order valence-electron chi connectivity index (χ1n) is 10.9. The van der Waals surface area contributed by atoms with E-state index >= 15 is 0 Å². The van der Waals surface area contributed by atoms with Crippen LogP contribution in [-0.2, 0) is 14.8 Å². The SMILES string of the molecule is CC(Nc1ccc(NC(=O)c2cc(S(=O)(=O)N3CCOCC3)ccc2F)cc1)c1ccccc1. The molecule has 3 aromatic carbocycles. The van der Waals surface area contributed by atoms with Crippen molar-refractivity contribution in [3.05, 3.63) is 89.7 Å². The Labute approximate surface area is 198 Å². The van der Waals surface area contributed by atoms with E-state index in [1.807, 2.05) is 49.4 Å². The second-order valence-corrected chi connectivity index (χ2v) is 9.90. The quantitative estimate of drug-likeness (QED) is 0.524. The summed E-state index contributed by atoms with van der Waals surface area (Å²) in [7, 11) is -3.85. The van der Waals surface area contributed by atoms with E-state index in [0.717, 1.165) is 23.4 Å². The number of ether oxygens (including phenoxy) is 1. The molecule has 1 amide bonds. The summed E-state index contributed by atoms with van der Waals surface area (Å²) in [4.78, 5) is 12.6. The van der Waals surface area contributed by atoms with Crippen LogP contribution < -0.4 is 10.6 Å². The molecular formula is C25H26FN3O4S. The normalized spacial score (nSPS) is 15.5. The van der Waals surface area contributed by atoms with Crippen LogP contribution in [0.2, 0.25) is 0 Å². The second kappa shape index (κ2) is 10.3. The minimum Gasteiger partial charge on any atom is -0.379 e. The predicted octanol–water partition coefficient (Wildman–Crippen LogP) is 4.27. The van der Waals surface area contributed by atoms with Gasteiger partial charge in [0.1, 0.15) is 5.82 Å². The number of morpholine rings is 1. The highest BCUT2D eigenvalue weighted by Crippen LogP contribution is 2.23. The van der Waals surface area contributed by atoms with E-state index in [1.165, 1.54) is 10.4 Å². The lowest BCUT2D eigenvalue weighted by Gasteiger charge is -2.26. The Hall–Kier alpha value is -3.27. The summed E-state index contributed by atoms with van der Waals surface area (Å²) in [5.41, 5.74) is 2.12. The lowest BCUT2D eigenvalue weighted by molar-refractivity contribution is 0.0730. The largest absolute Gasteiger partial charge is 0.379 e. The molecule has 3 aromatic rings. The minimum absolute atomic E-state index is 0.0897. The first-order chi connectivity index (χ1) is 16.3. The predicted molar refractivity (Wildman–Crippen MR) is 129 cm³/mol. The smallest absolute Gasteiger partial charge is 0.258 e. The van der Waals surface area contributed by atoms with Crippen molar-refractivity contribution in [2.45, 2.75) is 17.9 Å². The van der Waals surface area contributed by atoms with Crippen LogP contribution in [0.25, 0.3) is 0 Å². The fourth-order valence-electron chi connectivity index (χ4n) is 3.70. The van der Waals surface area contributed by atoms with Crippen LogP contribution in [0.3, 0.4) is 0 Å². The highest BCUT2D eigenvalue weighted by molar-refractivity contribution is 7.89. The molecule has 1 aliphatic rings. The van der Waals surface area contributed by atoms with Crippen LogP contribution in [0.15, 0.2) is 77.7 Å². The number of hydrogen-bond donors (Lipinski definition) is 2. The molecule has 0 spiro atoms. The maximum atomic E-state index is 14.4. The average molecular weight is 484 g/mol. The first-order valence-corrected chi connectivity index (χ1v) is 12.4. The number of benzene rings is 3. The van der Waals surface area contributed by atoms with Gasteiger partial charge in [-0.05, 0) is 55.0 Å². The molecule has 0 aromatic heterocycles. The van der Waals surface area contributed by atoms with Gasteiger partial charge in [0.25, 0.3) is 5.91 Å². The van der Waals surface area contributed by atoms with Crippen LogP contribution in [-0.4, -0.2) is 44.9 Å². The van der Waals surface area contributed by atoms with E-state index in [4.69, 9.17) is 4.74 Å². The van der Waals surface area contributed by atoms with Gasteiger partial charge in [0, 0.05) is 30.5 Å². The lowest BCUT2D eigenvalue weighted by Crippen LogP contribution is -2.40. The molecule has 0 bridgehead atoms. The van der Waals surface area contributed by atoms with Crippen molar-refractivity contribution < 1.29 is 22.3 Å². The van der Waals surface area contributed by atoms with Crippen molar-refractivity contribution in [3.8, 4) is 0 Å². The summed E-state index contributed by atoms with van der Waals surface area (Å²) >= 11 is 0.